The number of phosphoric ester groups is 1. The van der Waals surface area contributed by atoms with Crippen molar-refractivity contribution in [3.05, 3.63) is 0 Å². The summed E-state index contributed by atoms with van der Waals surface area (Å²) in [7, 11) is -4.52. The van der Waals surface area contributed by atoms with Crippen molar-refractivity contribution in [2.45, 2.75) is 71.3 Å². The molecule has 160 valence electrons. The van der Waals surface area contributed by atoms with Crippen LogP contribution in [0.3, 0.4) is 0 Å². The minimum Gasteiger partial charge on any atom is -0.756 e. The number of carbonyl (C=O) groups excluding carboxylic acids is 2. The van der Waals surface area contributed by atoms with E-state index in [2.05, 4.69) is 10.3 Å². The van der Waals surface area contributed by atoms with Gasteiger partial charge >= 0.3 is 11.9 Å². The molecule has 0 aromatic heterocycles. The van der Waals surface area contributed by atoms with Gasteiger partial charge in [0.25, 0.3) is 7.82 Å². The summed E-state index contributed by atoms with van der Waals surface area (Å²) in [5.74, 6) is -0.910. The zero-order valence-electron chi connectivity index (χ0n) is 16.5. The van der Waals surface area contributed by atoms with Gasteiger partial charge in [-0.15, -0.1) is 0 Å². The molecule has 0 amide bonds. The van der Waals surface area contributed by atoms with Crippen LogP contribution >= 0.6 is 7.82 Å². The van der Waals surface area contributed by atoms with E-state index in [-0.39, 0.29) is 32.6 Å². The zero-order valence-corrected chi connectivity index (χ0v) is 17.4. The van der Waals surface area contributed by atoms with Crippen LogP contribution < -0.4 is 10.6 Å². The molecule has 0 bridgehead atoms. The third kappa shape index (κ3) is 15.7. The maximum atomic E-state index is 11.9. The summed E-state index contributed by atoms with van der Waals surface area (Å²) in [6.45, 7) is 3.46. The zero-order chi connectivity index (χ0) is 20.5. The number of esters is 2. The Morgan fingerprint density at radius 1 is 0.963 bits per heavy atom. The fourth-order valence-electron chi connectivity index (χ4n) is 2.05. The first kappa shape index (κ1) is 26.0. The van der Waals surface area contributed by atoms with Gasteiger partial charge in [0.1, 0.15) is 13.2 Å². The van der Waals surface area contributed by atoms with Crippen molar-refractivity contribution in [3.8, 4) is 0 Å². The van der Waals surface area contributed by atoms with Crippen LogP contribution in [-0.4, -0.2) is 44.4 Å². The Bertz CT molecular complexity index is 460. The molecule has 10 heteroatoms. The Morgan fingerprint density at radius 3 is 2.11 bits per heavy atom. The van der Waals surface area contributed by atoms with Gasteiger partial charge in [-0.1, -0.05) is 39.5 Å². The quantitative estimate of drug-likeness (QED) is 0.215. The third-order valence-corrected chi connectivity index (χ3v) is 4.47. The lowest BCUT2D eigenvalue weighted by atomic mass is 10.2. The van der Waals surface area contributed by atoms with Gasteiger partial charge in [-0.25, -0.2) is 0 Å². The Balaban J connectivity index is 4.53. The van der Waals surface area contributed by atoms with E-state index < -0.39 is 32.5 Å². The van der Waals surface area contributed by atoms with Gasteiger partial charge in [0.05, 0.1) is 13.2 Å². The van der Waals surface area contributed by atoms with Crippen molar-refractivity contribution in [1.82, 2.24) is 0 Å². The number of hydrogen-bond donors (Lipinski definition) is 1. The van der Waals surface area contributed by atoms with Gasteiger partial charge in [-0.2, -0.15) is 0 Å². The minimum atomic E-state index is -4.52. The molecule has 0 aliphatic heterocycles. The van der Waals surface area contributed by atoms with E-state index in [1.165, 1.54) is 0 Å². The second kappa shape index (κ2) is 16.0. The Kier molecular flexibility index (Phi) is 15.4. The number of rotatable bonds is 17. The largest absolute Gasteiger partial charge is 0.756 e. The van der Waals surface area contributed by atoms with E-state index in [0.717, 1.165) is 25.7 Å². The molecule has 0 fully saturated rings. The fraction of sp³-hybridized carbons (Fsp3) is 0.882. The van der Waals surface area contributed by atoms with Gasteiger partial charge in [-0.3, -0.25) is 14.2 Å². The summed E-state index contributed by atoms with van der Waals surface area (Å²) in [6, 6.07) is 0. The summed E-state index contributed by atoms with van der Waals surface area (Å²) in [6.07, 6.45) is 4.58. The number of ether oxygens (including phenoxy) is 2. The van der Waals surface area contributed by atoms with Crippen LogP contribution in [-0.2, 0) is 32.7 Å². The molecule has 9 nitrogen and oxygen atoms in total. The highest BCUT2D eigenvalue weighted by molar-refractivity contribution is 7.45. The number of carbonyl (C=O) groups is 2. The molecule has 0 saturated carbocycles. The normalized spacial score (nSPS) is 14.4. The predicted molar refractivity (Wildman–Crippen MR) is 96.4 cm³/mol. The van der Waals surface area contributed by atoms with Gasteiger partial charge in [0, 0.05) is 12.8 Å². The smallest absolute Gasteiger partial charge is 0.306 e. The number of hydrogen-bond acceptors (Lipinski definition) is 8. The van der Waals surface area contributed by atoms with Crippen LogP contribution in [0.5, 0.6) is 0 Å². The van der Waals surface area contributed by atoms with E-state index in [0.29, 0.717) is 12.8 Å². The Hall–Kier alpha value is -0.990. The molecule has 2 atom stereocenters. The lowest BCUT2D eigenvalue weighted by Gasteiger charge is -2.25. The second-order valence-electron chi connectivity index (χ2n) is 6.14. The minimum absolute atomic E-state index is 0.103. The first-order valence-electron chi connectivity index (χ1n) is 9.59. The first-order chi connectivity index (χ1) is 12.8. The van der Waals surface area contributed by atoms with Gasteiger partial charge in [0.2, 0.25) is 0 Å². The van der Waals surface area contributed by atoms with Gasteiger partial charge < -0.3 is 29.1 Å². The molecule has 27 heavy (non-hydrogen) atoms. The molecular formula is C17H34NO8P. The molecule has 0 saturated heterocycles. The molecule has 0 rings (SSSR count). The van der Waals surface area contributed by atoms with Crippen LogP contribution in [0.15, 0.2) is 0 Å². The molecule has 0 heterocycles. The van der Waals surface area contributed by atoms with Crippen molar-refractivity contribution in [2.75, 3.05) is 26.4 Å². The average molecular weight is 411 g/mol. The molecule has 1 unspecified atom stereocenters. The van der Waals surface area contributed by atoms with E-state index in [9.17, 15) is 19.0 Å². The van der Waals surface area contributed by atoms with E-state index in [4.69, 9.17) is 14.0 Å². The van der Waals surface area contributed by atoms with Crippen LogP contribution in [0.25, 0.3) is 0 Å². The van der Waals surface area contributed by atoms with Crippen LogP contribution in [0.4, 0.5) is 0 Å². The van der Waals surface area contributed by atoms with E-state index in [1.54, 1.807) is 0 Å². The molecule has 0 aliphatic rings. The van der Waals surface area contributed by atoms with Crippen molar-refractivity contribution < 1.29 is 43.3 Å². The maximum absolute atomic E-state index is 11.9. The van der Waals surface area contributed by atoms with Crippen molar-refractivity contribution in [3.63, 3.8) is 0 Å². The summed E-state index contributed by atoms with van der Waals surface area (Å²) >= 11 is 0. The first-order valence-corrected chi connectivity index (χ1v) is 11.0. The van der Waals surface area contributed by atoms with Crippen molar-refractivity contribution >= 4 is 19.8 Å². The molecular weight excluding hydrogens is 377 g/mol. The summed E-state index contributed by atoms with van der Waals surface area (Å²) < 4.78 is 31.2. The maximum Gasteiger partial charge on any atom is 0.306 e. The predicted octanol–water partition coefficient (Wildman–Crippen LogP) is 1.35. The van der Waals surface area contributed by atoms with Gasteiger partial charge in [0.15, 0.2) is 6.10 Å². The van der Waals surface area contributed by atoms with Crippen molar-refractivity contribution in [2.24, 2.45) is 0 Å². The SMILES string of the molecule is CCCCCC(=O)OC[C@H](COP(=O)([O-])OCC[NH3+])OC(=O)CCCCC. The standard InChI is InChI=1S/C17H34NO8P/c1-3-5-7-9-16(19)23-13-15(26-17(20)10-8-6-4-2)14-25-27(21,22)24-12-11-18/h15H,3-14,18H2,1-2H3,(H,21,22)/t15-/m1/s1. The Morgan fingerprint density at radius 2 is 1.56 bits per heavy atom. The topological polar surface area (TPSA) is 139 Å². The average Bonchev–Trinajstić information content (AvgIpc) is 2.63. The summed E-state index contributed by atoms with van der Waals surface area (Å²) in [5.41, 5.74) is 3.47. The molecule has 0 spiro atoms. The molecule has 0 aromatic rings. The second-order valence-corrected chi connectivity index (χ2v) is 7.55. The highest BCUT2D eigenvalue weighted by Gasteiger charge is 2.20. The van der Waals surface area contributed by atoms with E-state index in [1.807, 2.05) is 13.8 Å². The number of unbranched alkanes of at least 4 members (excludes halogenated alkanes) is 4. The number of quaternary nitrogens is 1. The lowest BCUT2D eigenvalue weighted by Crippen LogP contribution is -2.52. The van der Waals surface area contributed by atoms with Crippen LogP contribution in [0.1, 0.15) is 65.2 Å². The molecule has 0 aromatic carbocycles. The lowest BCUT2D eigenvalue weighted by molar-refractivity contribution is -0.373. The highest BCUT2D eigenvalue weighted by Crippen LogP contribution is 2.38. The van der Waals surface area contributed by atoms with Crippen LogP contribution in [0.2, 0.25) is 0 Å². The van der Waals surface area contributed by atoms with Crippen molar-refractivity contribution in [1.29, 1.82) is 0 Å². The summed E-state index contributed by atoms with van der Waals surface area (Å²) in [5, 5.41) is 0. The third-order valence-electron chi connectivity index (χ3n) is 3.51. The molecule has 3 N–H and O–H groups in total. The fourth-order valence-corrected chi connectivity index (χ4v) is 2.82. The monoisotopic (exact) mass is 411 g/mol. The van der Waals surface area contributed by atoms with Gasteiger partial charge in [-0.05, 0) is 12.8 Å². The highest BCUT2D eigenvalue weighted by atomic mass is 31.2. The summed E-state index contributed by atoms with van der Waals surface area (Å²) in [4.78, 5) is 35.2. The van der Waals surface area contributed by atoms with Crippen LogP contribution in [0, 0.1) is 0 Å². The number of phosphoric acid groups is 1. The molecule has 0 radical (unpaired) electrons. The van der Waals surface area contributed by atoms with E-state index >= 15 is 0 Å². The molecule has 0 aliphatic carbocycles. The Labute approximate surface area is 161 Å².